The number of rotatable bonds is 10. The Labute approximate surface area is 150 Å². The maximum atomic E-state index is 12.0. The third-order valence-electron chi connectivity index (χ3n) is 4.25. The molecule has 9 nitrogen and oxygen atoms in total. The summed E-state index contributed by atoms with van der Waals surface area (Å²) in [6.07, 6.45) is 2.28. The van der Waals surface area contributed by atoms with E-state index in [4.69, 9.17) is 5.11 Å². The highest BCUT2D eigenvalue weighted by atomic mass is 32.1. The second kappa shape index (κ2) is 9.40. The van der Waals surface area contributed by atoms with Crippen molar-refractivity contribution in [2.75, 3.05) is 5.75 Å². The molecule has 0 radical (unpaired) electrons. The SMILES string of the molecule is CCC1(CCCCCC(=O)N[C@@H](CS)C(=O)O)C(=O)NC(=O)NC1=O. The molecule has 1 aliphatic rings. The molecular weight excluding hydrogens is 350 g/mol. The van der Waals surface area contributed by atoms with Crippen molar-refractivity contribution in [1.29, 1.82) is 0 Å². The second-order valence-electron chi connectivity index (χ2n) is 5.87. The Morgan fingerprint density at radius 1 is 1.16 bits per heavy atom. The summed E-state index contributed by atoms with van der Waals surface area (Å²) in [5.41, 5.74) is -1.27. The molecule has 0 bridgehead atoms. The molecule has 0 aromatic rings. The van der Waals surface area contributed by atoms with Crippen LogP contribution in [0.4, 0.5) is 4.79 Å². The first-order valence-electron chi connectivity index (χ1n) is 8.06. The Morgan fingerprint density at radius 3 is 2.24 bits per heavy atom. The minimum absolute atomic E-state index is 0.00301. The van der Waals surface area contributed by atoms with E-state index in [9.17, 15) is 24.0 Å². The van der Waals surface area contributed by atoms with Gasteiger partial charge in [0, 0.05) is 12.2 Å². The molecule has 10 heteroatoms. The number of hydrogen-bond acceptors (Lipinski definition) is 6. The molecule has 0 unspecified atom stereocenters. The number of imide groups is 2. The molecule has 1 saturated heterocycles. The van der Waals surface area contributed by atoms with Gasteiger partial charge >= 0.3 is 12.0 Å². The lowest BCUT2D eigenvalue weighted by molar-refractivity contribution is -0.145. The van der Waals surface area contributed by atoms with Crippen molar-refractivity contribution in [2.45, 2.75) is 51.5 Å². The highest BCUT2D eigenvalue weighted by molar-refractivity contribution is 7.80. The molecule has 0 saturated carbocycles. The summed E-state index contributed by atoms with van der Waals surface area (Å²) < 4.78 is 0. The van der Waals surface area contributed by atoms with E-state index in [0.29, 0.717) is 19.3 Å². The molecule has 140 valence electrons. The maximum absolute atomic E-state index is 12.0. The fourth-order valence-corrected chi connectivity index (χ4v) is 2.89. The summed E-state index contributed by atoms with van der Waals surface area (Å²) in [6.45, 7) is 1.70. The molecule has 25 heavy (non-hydrogen) atoms. The summed E-state index contributed by atoms with van der Waals surface area (Å²) in [6, 6.07) is -1.83. The topological polar surface area (TPSA) is 142 Å². The number of aliphatic carboxylic acids is 1. The van der Waals surface area contributed by atoms with Gasteiger partial charge < -0.3 is 10.4 Å². The second-order valence-corrected chi connectivity index (χ2v) is 6.24. The number of unbranched alkanes of at least 4 members (excludes halogenated alkanes) is 2. The van der Waals surface area contributed by atoms with Crippen LogP contribution in [0.2, 0.25) is 0 Å². The van der Waals surface area contributed by atoms with Gasteiger partial charge in [0.1, 0.15) is 11.5 Å². The zero-order valence-electron chi connectivity index (χ0n) is 14.0. The molecule has 1 heterocycles. The Balaban J connectivity index is 2.40. The van der Waals surface area contributed by atoms with Crippen LogP contribution in [0.15, 0.2) is 0 Å². The lowest BCUT2D eigenvalue weighted by atomic mass is 9.77. The van der Waals surface area contributed by atoms with E-state index in [1.807, 2.05) is 0 Å². The van der Waals surface area contributed by atoms with Crippen molar-refractivity contribution in [3.63, 3.8) is 0 Å². The van der Waals surface area contributed by atoms with Gasteiger partial charge in [0.15, 0.2) is 0 Å². The molecule has 1 rings (SSSR count). The minimum atomic E-state index is -1.27. The lowest BCUT2D eigenvalue weighted by Crippen LogP contribution is -2.62. The van der Waals surface area contributed by atoms with Gasteiger partial charge in [-0.2, -0.15) is 12.6 Å². The number of thiol groups is 1. The first-order valence-corrected chi connectivity index (χ1v) is 8.70. The van der Waals surface area contributed by atoms with Crippen LogP contribution in [-0.2, 0) is 19.2 Å². The van der Waals surface area contributed by atoms with Crippen LogP contribution in [0.25, 0.3) is 0 Å². The quantitative estimate of drug-likeness (QED) is 0.210. The predicted molar refractivity (Wildman–Crippen MR) is 90.9 cm³/mol. The Bertz CT molecular complexity index is 545. The highest BCUT2D eigenvalue weighted by Gasteiger charge is 2.48. The van der Waals surface area contributed by atoms with Crippen molar-refractivity contribution < 1.29 is 29.1 Å². The van der Waals surface area contributed by atoms with Crippen molar-refractivity contribution >= 4 is 42.4 Å². The number of carbonyl (C=O) groups excluding carboxylic acids is 4. The summed E-state index contributed by atoms with van der Waals surface area (Å²) in [5.74, 6) is -2.72. The zero-order valence-corrected chi connectivity index (χ0v) is 14.9. The number of barbiturate groups is 1. The number of urea groups is 1. The van der Waals surface area contributed by atoms with E-state index in [-0.39, 0.29) is 30.9 Å². The van der Waals surface area contributed by atoms with Crippen molar-refractivity contribution in [1.82, 2.24) is 16.0 Å². The summed E-state index contributed by atoms with van der Waals surface area (Å²) in [4.78, 5) is 57.7. The van der Waals surface area contributed by atoms with Crippen molar-refractivity contribution in [3.8, 4) is 0 Å². The molecule has 4 N–H and O–H groups in total. The summed E-state index contributed by atoms with van der Waals surface area (Å²) >= 11 is 3.86. The van der Waals surface area contributed by atoms with Crippen LogP contribution < -0.4 is 16.0 Å². The Morgan fingerprint density at radius 2 is 1.76 bits per heavy atom. The first-order chi connectivity index (χ1) is 11.8. The number of carboxylic acid groups (broad SMARTS) is 1. The minimum Gasteiger partial charge on any atom is -0.480 e. The monoisotopic (exact) mass is 373 g/mol. The fourth-order valence-electron chi connectivity index (χ4n) is 2.65. The molecule has 1 aliphatic heterocycles. The first kappa shape index (κ1) is 20.9. The molecule has 0 spiro atoms. The largest absolute Gasteiger partial charge is 0.480 e. The van der Waals surface area contributed by atoms with Crippen molar-refractivity contribution in [2.24, 2.45) is 5.41 Å². The molecule has 1 atom stereocenters. The molecule has 0 aromatic heterocycles. The van der Waals surface area contributed by atoms with E-state index in [0.717, 1.165) is 0 Å². The highest BCUT2D eigenvalue weighted by Crippen LogP contribution is 2.31. The van der Waals surface area contributed by atoms with Gasteiger partial charge in [-0.05, 0) is 19.3 Å². The lowest BCUT2D eigenvalue weighted by Gasteiger charge is -2.33. The van der Waals surface area contributed by atoms with Crippen LogP contribution in [0.5, 0.6) is 0 Å². The van der Waals surface area contributed by atoms with Gasteiger partial charge in [0.2, 0.25) is 17.7 Å². The van der Waals surface area contributed by atoms with Crippen LogP contribution in [0.3, 0.4) is 0 Å². The number of hydrogen-bond donors (Lipinski definition) is 5. The third-order valence-corrected chi connectivity index (χ3v) is 4.62. The molecular formula is C15H23N3O6S. The van der Waals surface area contributed by atoms with E-state index in [1.165, 1.54) is 0 Å². The smallest absolute Gasteiger partial charge is 0.328 e. The van der Waals surface area contributed by atoms with Gasteiger partial charge in [-0.3, -0.25) is 25.0 Å². The van der Waals surface area contributed by atoms with Gasteiger partial charge in [-0.25, -0.2) is 9.59 Å². The molecule has 1 fully saturated rings. The summed E-state index contributed by atoms with van der Waals surface area (Å²) in [7, 11) is 0. The number of amides is 5. The normalized spacial score (nSPS) is 17.4. The van der Waals surface area contributed by atoms with E-state index >= 15 is 0 Å². The van der Waals surface area contributed by atoms with Crippen LogP contribution in [0.1, 0.15) is 45.4 Å². The molecule has 0 aliphatic carbocycles. The summed E-state index contributed by atoms with van der Waals surface area (Å²) in [5, 5.41) is 15.4. The van der Waals surface area contributed by atoms with E-state index in [1.54, 1.807) is 6.92 Å². The maximum Gasteiger partial charge on any atom is 0.328 e. The Kier molecular flexibility index (Phi) is 7.88. The number of nitrogens with one attached hydrogen (secondary N) is 3. The average Bonchev–Trinajstić information content (AvgIpc) is 2.54. The van der Waals surface area contributed by atoms with E-state index in [2.05, 4.69) is 28.6 Å². The molecule has 0 aromatic carbocycles. The predicted octanol–water partition coefficient (Wildman–Crippen LogP) is 0.199. The van der Waals surface area contributed by atoms with Crippen LogP contribution in [0, 0.1) is 5.41 Å². The van der Waals surface area contributed by atoms with Crippen LogP contribution >= 0.6 is 12.6 Å². The van der Waals surface area contributed by atoms with Crippen LogP contribution in [-0.4, -0.2) is 46.6 Å². The number of carboxylic acids is 1. The van der Waals surface area contributed by atoms with Gasteiger partial charge in [-0.1, -0.05) is 19.8 Å². The van der Waals surface area contributed by atoms with Crippen molar-refractivity contribution in [3.05, 3.63) is 0 Å². The average molecular weight is 373 g/mol. The fraction of sp³-hybridized carbons (Fsp3) is 0.667. The number of carbonyl (C=O) groups is 5. The standard InChI is InChI=1S/C15H23N3O6S/c1-2-15(12(22)17-14(24)18-13(15)23)7-5-3-4-6-10(19)16-9(8-25)11(20)21/h9,25H,2-8H2,1H3,(H,16,19)(H,20,21)(H2,17,18,22,23,24)/t9-/m0/s1. The van der Waals surface area contributed by atoms with Gasteiger partial charge in [0.25, 0.3) is 0 Å². The van der Waals surface area contributed by atoms with Gasteiger partial charge in [0.05, 0.1) is 0 Å². The molecule has 5 amide bonds. The third kappa shape index (κ3) is 5.45. The zero-order chi connectivity index (χ0) is 19.0. The Hall–Kier alpha value is -2.10. The van der Waals surface area contributed by atoms with E-state index < -0.39 is 35.3 Å². The van der Waals surface area contributed by atoms with Gasteiger partial charge in [-0.15, -0.1) is 0 Å².